The number of aliphatic hydroxyl groups excluding tert-OH is 1. The van der Waals surface area contributed by atoms with Crippen molar-refractivity contribution in [1.29, 1.82) is 0 Å². The molecule has 1 aromatic rings. The van der Waals surface area contributed by atoms with E-state index in [1.807, 2.05) is 0 Å². The maximum Gasteiger partial charge on any atom is 0.418 e. The number of hydrogen-bond donors (Lipinski definition) is 2. The van der Waals surface area contributed by atoms with Crippen molar-refractivity contribution in [2.75, 3.05) is 11.9 Å². The van der Waals surface area contributed by atoms with Crippen molar-refractivity contribution in [2.24, 2.45) is 0 Å². The molecule has 0 aliphatic rings. The summed E-state index contributed by atoms with van der Waals surface area (Å²) in [4.78, 5) is 11.3. The molecule has 0 aliphatic carbocycles. The quantitative estimate of drug-likeness (QED) is 0.893. The summed E-state index contributed by atoms with van der Waals surface area (Å²) in [6.07, 6.45) is -4.35. The highest BCUT2D eigenvalue weighted by atomic mass is 79.9. The molecule has 0 saturated heterocycles. The third-order valence-corrected chi connectivity index (χ3v) is 2.62. The van der Waals surface area contributed by atoms with E-state index in [0.29, 0.717) is 0 Å². The Hall–Kier alpha value is -1.08. The van der Waals surface area contributed by atoms with Crippen LogP contribution in [0, 0.1) is 0 Å². The maximum atomic E-state index is 12.7. The van der Waals surface area contributed by atoms with Crippen LogP contribution in [0.2, 0.25) is 0 Å². The first-order chi connectivity index (χ1) is 8.34. The minimum atomic E-state index is -4.54. The molecule has 2 N–H and O–H groups in total. The number of carbonyl (C=O) groups is 1. The first-order valence-electron chi connectivity index (χ1n) is 5.12. The van der Waals surface area contributed by atoms with E-state index in [-0.39, 0.29) is 29.6 Å². The average Bonchev–Trinajstić information content (AvgIpc) is 2.27. The van der Waals surface area contributed by atoms with Crippen LogP contribution >= 0.6 is 15.9 Å². The summed E-state index contributed by atoms with van der Waals surface area (Å²) in [7, 11) is 0. The second-order valence-corrected chi connectivity index (χ2v) is 4.48. The summed E-state index contributed by atoms with van der Waals surface area (Å²) in [5.74, 6) is -0.558. The van der Waals surface area contributed by atoms with Gasteiger partial charge < -0.3 is 10.4 Å². The standard InChI is InChI=1S/C11H11BrF3NO2/c12-7-3-4-9(8(6-7)11(13,14)15)16-10(18)2-1-5-17/h3-4,6,17H,1-2,5H2,(H,16,18). The lowest BCUT2D eigenvalue weighted by molar-refractivity contribution is -0.137. The number of amides is 1. The van der Waals surface area contributed by atoms with Crippen LogP contribution in [0.4, 0.5) is 18.9 Å². The summed E-state index contributed by atoms with van der Waals surface area (Å²) in [5, 5.41) is 10.7. The normalized spacial score (nSPS) is 11.4. The van der Waals surface area contributed by atoms with Crippen LogP contribution in [0.25, 0.3) is 0 Å². The minimum Gasteiger partial charge on any atom is -0.396 e. The van der Waals surface area contributed by atoms with Crippen molar-refractivity contribution in [3.05, 3.63) is 28.2 Å². The van der Waals surface area contributed by atoms with Crippen molar-refractivity contribution in [3.8, 4) is 0 Å². The van der Waals surface area contributed by atoms with Crippen LogP contribution in [0.3, 0.4) is 0 Å². The summed E-state index contributed by atoms with van der Waals surface area (Å²) < 4.78 is 38.4. The Labute approximate surface area is 110 Å². The molecule has 0 spiro atoms. The van der Waals surface area contributed by atoms with Gasteiger partial charge in [0.2, 0.25) is 5.91 Å². The molecule has 0 aromatic heterocycles. The van der Waals surface area contributed by atoms with Gasteiger partial charge in [-0.2, -0.15) is 13.2 Å². The molecule has 1 amide bonds. The van der Waals surface area contributed by atoms with Gasteiger partial charge in [-0.1, -0.05) is 15.9 Å². The zero-order chi connectivity index (χ0) is 13.8. The largest absolute Gasteiger partial charge is 0.418 e. The Balaban J connectivity index is 2.92. The van der Waals surface area contributed by atoms with Gasteiger partial charge in [0.25, 0.3) is 0 Å². The van der Waals surface area contributed by atoms with Gasteiger partial charge in [0.05, 0.1) is 11.3 Å². The zero-order valence-electron chi connectivity index (χ0n) is 9.22. The second kappa shape index (κ2) is 6.19. The number of rotatable bonds is 4. The highest BCUT2D eigenvalue weighted by Gasteiger charge is 2.34. The Bertz CT molecular complexity index is 435. The number of hydrogen-bond acceptors (Lipinski definition) is 2. The number of anilines is 1. The van der Waals surface area contributed by atoms with Gasteiger partial charge in [0.15, 0.2) is 0 Å². The van der Waals surface area contributed by atoms with Gasteiger partial charge in [-0.15, -0.1) is 0 Å². The Morgan fingerprint density at radius 2 is 2.06 bits per heavy atom. The molecule has 1 aromatic carbocycles. The molecule has 0 bridgehead atoms. The molecule has 0 atom stereocenters. The maximum absolute atomic E-state index is 12.7. The Kier molecular flexibility index (Phi) is 5.15. The van der Waals surface area contributed by atoms with Crippen molar-refractivity contribution < 1.29 is 23.1 Å². The van der Waals surface area contributed by atoms with E-state index in [0.717, 1.165) is 6.07 Å². The molecule has 0 aliphatic heterocycles. The van der Waals surface area contributed by atoms with Gasteiger partial charge in [-0.25, -0.2) is 0 Å². The predicted octanol–water partition coefficient (Wildman–Crippen LogP) is 3.18. The molecule has 0 fully saturated rings. The highest BCUT2D eigenvalue weighted by Crippen LogP contribution is 2.36. The van der Waals surface area contributed by atoms with Gasteiger partial charge in [-0.05, 0) is 24.6 Å². The van der Waals surface area contributed by atoms with Gasteiger partial charge in [0, 0.05) is 17.5 Å². The van der Waals surface area contributed by atoms with Crippen LogP contribution in [-0.4, -0.2) is 17.6 Å². The molecule has 0 heterocycles. The molecule has 18 heavy (non-hydrogen) atoms. The topological polar surface area (TPSA) is 49.3 Å². The first-order valence-corrected chi connectivity index (χ1v) is 5.91. The third-order valence-electron chi connectivity index (χ3n) is 2.12. The van der Waals surface area contributed by atoms with Gasteiger partial charge >= 0.3 is 6.18 Å². The molecule has 0 saturated carbocycles. The Morgan fingerprint density at radius 3 is 2.61 bits per heavy atom. The zero-order valence-corrected chi connectivity index (χ0v) is 10.8. The van der Waals surface area contributed by atoms with E-state index >= 15 is 0 Å². The van der Waals surface area contributed by atoms with E-state index in [4.69, 9.17) is 5.11 Å². The molecule has 1 rings (SSSR count). The van der Waals surface area contributed by atoms with Crippen LogP contribution in [0.15, 0.2) is 22.7 Å². The van der Waals surface area contributed by atoms with Crippen molar-refractivity contribution >= 4 is 27.5 Å². The Morgan fingerprint density at radius 1 is 1.39 bits per heavy atom. The van der Waals surface area contributed by atoms with Crippen LogP contribution in [0.1, 0.15) is 18.4 Å². The fourth-order valence-electron chi connectivity index (χ4n) is 1.31. The smallest absolute Gasteiger partial charge is 0.396 e. The summed E-state index contributed by atoms with van der Waals surface area (Å²) in [5.41, 5.74) is -1.19. The van der Waals surface area contributed by atoms with Crippen molar-refractivity contribution in [2.45, 2.75) is 19.0 Å². The molecule has 7 heteroatoms. The third kappa shape index (κ3) is 4.30. The monoisotopic (exact) mass is 325 g/mol. The lowest BCUT2D eigenvalue weighted by atomic mass is 10.1. The van der Waals surface area contributed by atoms with E-state index in [1.165, 1.54) is 12.1 Å². The highest BCUT2D eigenvalue weighted by molar-refractivity contribution is 9.10. The number of nitrogens with one attached hydrogen (secondary N) is 1. The summed E-state index contributed by atoms with van der Waals surface area (Å²) in [6.45, 7) is -0.181. The van der Waals surface area contributed by atoms with Crippen molar-refractivity contribution in [3.63, 3.8) is 0 Å². The SMILES string of the molecule is O=C(CCCO)Nc1ccc(Br)cc1C(F)(F)F. The fourth-order valence-corrected chi connectivity index (χ4v) is 1.67. The lowest BCUT2D eigenvalue weighted by Gasteiger charge is -2.14. The molecule has 3 nitrogen and oxygen atoms in total. The average molecular weight is 326 g/mol. The summed E-state index contributed by atoms with van der Waals surface area (Å²) in [6, 6.07) is 3.50. The summed E-state index contributed by atoms with van der Waals surface area (Å²) >= 11 is 2.95. The predicted molar refractivity (Wildman–Crippen MR) is 64.1 cm³/mol. The van der Waals surface area contributed by atoms with E-state index in [2.05, 4.69) is 21.2 Å². The molecular weight excluding hydrogens is 315 g/mol. The number of alkyl halides is 3. The van der Waals surface area contributed by atoms with E-state index in [1.54, 1.807) is 0 Å². The number of halogens is 4. The minimum absolute atomic E-state index is 0.0239. The number of benzene rings is 1. The molecule has 0 unspecified atom stereocenters. The lowest BCUT2D eigenvalue weighted by Crippen LogP contribution is -2.16. The molecule has 100 valence electrons. The van der Waals surface area contributed by atoms with Crippen LogP contribution < -0.4 is 5.32 Å². The number of aliphatic hydroxyl groups is 1. The number of carbonyl (C=O) groups excluding carboxylic acids is 1. The van der Waals surface area contributed by atoms with Crippen molar-refractivity contribution in [1.82, 2.24) is 0 Å². The van der Waals surface area contributed by atoms with Crippen LogP contribution in [-0.2, 0) is 11.0 Å². The molecule has 0 radical (unpaired) electrons. The van der Waals surface area contributed by atoms with Gasteiger partial charge in [-0.3, -0.25) is 4.79 Å². The van der Waals surface area contributed by atoms with Gasteiger partial charge in [0.1, 0.15) is 0 Å². The first kappa shape index (κ1) is 15.0. The second-order valence-electron chi connectivity index (χ2n) is 3.56. The van der Waals surface area contributed by atoms with E-state index in [9.17, 15) is 18.0 Å². The van der Waals surface area contributed by atoms with E-state index < -0.39 is 17.6 Å². The van der Waals surface area contributed by atoms with Crippen LogP contribution in [0.5, 0.6) is 0 Å². The molecular formula is C11H11BrF3NO2. The fraction of sp³-hybridized carbons (Fsp3) is 0.364.